The van der Waals surface area contributed by atoms with Crippen LogP contribution >= 0.6 is 0 Å². The van der Waals surface area contributed by atoms with Gasteiger partial charge in [-0.2, -0.15) is 0 Å². The summed E-state index contributed by atoms with van der Waals surface area (Å²) < 4.78 is 0. The summed E-state index contributed by atoms with van der Waals surface area (Å²) in [5, 5.41) is 18.4. The molecule has 0 fully saturated rings. The predicted octanol–water partition coefficient (Wildman–Crippen LogP) is 3.38. The zero-order valence-electron chi connectivity index (χ0n) is 9.01. The minimum atomic E-state index is 0.266. The molecule has 0 unspecified atom stereocenters. The van der Waals surface area contributed by atoms with Crippen LogP contribution in [0.25, 0.3) is 5.57 Å². The van der Waals surface area contributed by atoms with Crippen LogP contribution in [0.1, 0.15) is 12.5 Å². The van der Waals surface area contributed by atoms with Gasteiger partial charge in [0, 0.05) is 5.76 Å². The smallest absolute Gasteiger partial charge is 0.115 e. The lowest BCUT2D eigenvalue weighted by Crippen LogP contribution is -1.91. The molecular formula is C14H13O2-. The second-order valence-electron chi connectivity index (χ2n) is 3.72. The van der Waals surface area contributed by atoms with Crippen molar-refractivity contribution >= 4 is 5.57 Å². The molecule has 0 aliphatic heterocycles. The highest BCUT2D eigenvalue weighted by Gasteiger charge is 1.98. The van der Waals surface area contributed by atoms with Gasteiger partial charge >= 0.3 is 0 Å². The molecule has 2 N–H and O–H groups in total. The van der Waals surface area contributed by atoms with Crippen molar-refractivity contribution in [1.29, 1.82) is 0 Å². The van der Waals surface area contributed by atoms with Crippen molar-refractivity contribution in [2.45, 2.75) is 6.92 Å². The van der Waals surface area contributed by atoms with E-state index in [-0.39, 0.29) is 11.5 Å². The summed E-state index contributed by atoms with van der Waals surface area (Å²) in [5.74, 6) is 0.532. The molecule has 2 heteroatoms. The highest BCUT2D eigenvalue weighted by Crippen LogP contribution is 2.25. The SMILES string of the molecule is CC(=C1C=CC(O)=C[CH-]1)c1ccc(O)cc1. The van der Waals surface area contributed by atoms with Crippen LogP contribution in [0.15, 0.2) is 53.8 Å². The van der Waals surface area contributed by atoms with E-state index in [4.69, 9.17) is 0 Å². The van der Waals surface area contributed by atoms with Gasteiger partial charge in [-0.05, 0) is 12.1 Å². The van der Waals surface area contributed by atoms with Crippen LogP contribution in [0.4, 0.5) is 0 Å². The van der Waals surface area contributed by atoms with Gasteiger partial charge in [-0.1, -0.05) is 24.6 Å². The molecule has 1 aromatic rings. The van der Waals surface area contributed by atoms with Crippen LogP contribution in [-0.4, -0.2) is 10.2 Å². The Hall–Kier alpha value is -2.09. The molecule has 1 aliphatic carbocycles. The number of hydrogen-bond acceptors (Lipinski definition) is 2. The topological polar surface area (TPSA) is 40.5 Å². The lowest BCUT2D eigenvalue weighted by Gasteiger charge is -2.18. The maximum absolute atomic E-state index is 9.20. The van der Waals surface area contributed by atoms with Crippen LogP contribution < -0.4 is 0 Å². The second-order valence-corrected chi connectivity index (χ2v) is 3.72. The molecular weight excluding hydrogens is 200 g/mol. The number of allylic oxidation sites excluding steroid dienone is 5. The van der Waals surface area contributed by atoms with Gasteiger partial charge < -0.3 is 10.2 Å². The lowest BCUT2D eigenvalue weighted by molar-refractivity contribution is 0.431. The van der Waals surface area contributed by atoms with E-state index in [0.29, 0.717) is 0 Å². The first kappa shape index (κ1) is 10.4. The van der Waals surface area contributed by atoms with Gasteiger partial charge in [0.05, 0.1) is 0 Å². The molecule has 0 saturated carbocycles. The van der Waals surface area contributed by atoms with Crippen molar-refractivity contribution < 1.29 is 10.2 Å². The number of phenols is 1. The molecule has 2 nitrogen and oxygen atoms in total. The van der Waals surface area contributed by atoms with E-state index in [1.807, 2.05) is 31.6 Å². The second kappa shape index (κ2) is 4.19. The largest absolute Gasteiger partial charge is 0.551 e. The quantitative estimate of drug-likeness (QED) is 0.702. The van der Waals surface area contributed by atoms with Crippen LogP contribution in [0.5, 0.6) is 5.75 Å². The van der Waals surface area contributed by atoms with E-state index < -0.39 is 0 Å². The molecule has 16 heavy (non-hydrogen) atoms. The zero-order valence-corrected chi connectivity index (χ0v) is 9.01. The van der Waals surface area contributed by atoms with E-state index in [1.165, 1.54) is 0 Å². The van der Waals surface area contributed by atoms with Gasteiger partial charge in [0.2, 0.25) is 0 Å². The Kier molecular flexibility index (Phi) is 2.73. The fourth-order valence-electron chi connectivity index (χ4n) is 1.59. The Balaban J connectivity index is 2.32. The van der Waals surface area contributed by atoms with Gasteiger partial charge in [-0.15, -0.1) is 35.8 Å². The summed E-state index contributed by atoms with van der Waals surface area (Å²) in [4.78, 5) is 0. The van der Waals surface area contributed by atoms with Crippen LogP contribution in [-0.2, 0) is 0 Å². The van der Waals surface area contributed by atoms with E-state index in [9.17, 15) is 10.2 Å². The van der Waals surface area contributed by atoms with Gasteiger partial charge in [0.25, 0.3) is 0 Å². The monoisotopic (exact) mass is 213 g/mol. The minimum absolute atomic E-state index is 0.266. The van der Waals surface area contributed by atoms with E-state index >= 15 is 0 Å². The van der Waals surface area contributed by atoms with Crippen molar-refractivity contribution in [2.24, 2.45) is 0 Å². The molecule has 2 rings (SSSR count). The van der Waals surface area contributed by atoms with Crippen LogP contribution in [0, 0.1) is 6.42 Å². The number of aliphatic hydroxyl groups is 1. The van der Waals surface area contributed by atoms with Crippen molar-refractivity contribution in [2.75, 3.05) is 0 Å². The summed E-state index contributed by atoms with van der Waals surface area (Å²) >= 11 is 0. The number of aromatic hydroxyl groups is 1. The molecule has 1 aromatic carbocycles. The van der Waals surface area contributed by atoms with Crippen molar-refractivity contribution in [3.05, 3.63) is 65.8 Å². The van der Waals surface area contributed by atoms with Gasteiger partial charge in [-0.3, -0.25) is 0 Å². The molecule has 0 heterocycles. The molecule has 0 saturated heterocycles. The van der Waals surface area contributed by atoms with E-state index in [0.717, 1.165) is 16.7 Å². The summed E-state index contributed by atoms with van der Waals surface area (Å²) in [7, 11) is 0. The number of phenolic OH excluding ortho intramolecular Hbond substituents is 1. The van der Waals surface area contributed by atoms with Crippen molar-refractivity contribution in [1.82, 2.24) is 0 Å². The Bertz CT molecular complexity index is 476. The van der Waals surface area contributed by atoms with E-state index in [2.05, 4.69) is 0 Å². The Morgan fingerprint density at radius 1 is 1.06 bits per heavy atom. The number of aliphatic hydroxyl groups excluding tert-OH is 1. The molecule has 0 atom stereocenters. The third kappa shape index (κ3) is 2.11. The molecule has 1 aliphatic rings. The molecule has 0 amide bonds. The Labute approximate surface area is 94.9 Å². The molecule has 0 aromatic heterocycles. The summed E-state index contributed by atoms with van der Waals surface area (Å²) in [5.41, 5.74) is 3.23. The van der Waals surface area contributed by atoms with Gasteiger partial charge in [0.15, 0.2) is 0 Å². The lowest BCUT2D eigenvalue weighted by atomic mass is 9.96. The van der Waals surface area contributed by atoms with Crippen molar-refractivity contribution in [3.8, 4) is 5.75 Å². The van der Waals surface area contributed by atoms with Crippen LogP contribution in [0.2, 0.25) is 0 Å². The molecule has 0 bridgehead atoms. The first-order chi connectivity index (χ1) is 7.66. The highest BCUT2D eigenvalue weighted by molar-refractivity contribution is 5.72. The average Bonchev–Trinajstić information content (AvgIpc) is 2.30. The molecule has 0 radical (unpaired) electrons. The van der Waals surface area contributed by atoms with E-state index in [1.54, 1.807) is 24.3 Å². The number of hydrogen-bond donors (Lipinski definition) is 2. The fourth-order valence-corrected chi connectivity index (χ4v) is 1.59. The number of rotatable bonds is 1. The maximum atomic E-state index is 9.20. The normalized spacial score (nSPS) is 17.7. The number of benzene rings is 1. The van der Waals surface area contributed by atoms with Crippen LogP contribution in [0.3, 0.4) is 0 Å². The van der Waals surface area contributed by atoms with Crippen molar-refractivity contribution in [3.63, 3.8) is 0 Å². The Morgan fingerprint density at radius 2 is 1.75 bits per heavy atom. The average molecular weight is 213 g/mol. The van der Waals surface area contributed by atoms with Gasteiger partial charge in [0.1, 0.15) is 5.75 Å². The zero-order chi connectivity index (χ0) is 11.5. The minimum Gasteiger partial charge on any atom is -0.551 e. The summed E-state index contributed by atoms with van der Waals surface area (Å²) in [6, 6.07) is 7.08. The summed E-state index contributed by atoms with van der Waals surface area (Å²) in [6.07, 6.45) is 7.08. The maximum Gasteiger partial charge on any atom is 0.115 e. The first-order valence-electron chi connectivity index (χ1n) is 5.09. The fraction of sp³-hybridized carbons (Fsp3) is 0.0714. The third-order valence-electron chi connectivity index (χ3n) is 2.60. The van der Waals surface area contributed by atoms with Gasteiger partial charge in [-0.25, -0.2) is 0 Å². The summed E-state index contributed by atoms with van der Waals surface area (Å²) in [6.45, 7) is 2.01. The molecule has 82 valence electrons. The third-order valence-corrected chi connectivity index (χ3v) is 2.60. The standard InChI is InChI=1S/C14H13O2/c1-10(11-2-6-13(15)7-3-11)12-4-8-14(16)9-5-12/h2-9,15-16H,1H3/q-1. The molecule has 0 spiro atoms. The highest BCUT2D eigenvalue weighted by atomic mass is 16.3. The first-order valence-corrected chi connectivity index (χ1v) is 5.09. The Morgan fingerprint density at radius 3 is 2.31 bits per heavy atom. The predicted molar refractivity (Wildman–Crippen MR) is 64.9 cm³/mol.